The molecular formula is C25H23N7. The quantitative estimate of drug-likeness (QED) is 0.433. The van der Waals surface area contributed by atoms with Crippen molar-refractivity contribution in [2.45, 2.75) is 38.5 Å². The third-order valence-corrected chi connectivity index (χ3v) is 6.73. The van der Waals surface area contributed by atoms with Crippen LogP contribution in [0.3, 0.4) is 0 Å². The predicted molar refractivity (Wildman–Crippen MR) is 121 cm³/mol. The molecule has 32 heavy (non-hydrogen) atoms. The molecule has 0 aliphatic carbocycles. The van der Waals surface area contributed by atoms with Crippen molar-refractivity contribution in [3.8, 4) is 23.1 Å². The molecule has 4 aromatic heterocycles. The summed E-state index contributed by atoms with van der Waals surface area (Å²) in [7, 11) is 0. The summed E-state index contributed by atoms with van der Waals surface area (Å²) in [6.07, 6.45) is 12.2. The zero-order valence-electron chi connectivity index (χ0n) is 17.7. The second-order valence-corrected chi connectivity index (χ2v) is 8.62. The third-order valence-electron chi connectivity index (χ3n) is 6.73. The molecule has 0 N–H and O–H groups in total. The molecule has 6 heterocycles. The Morgan fingerprint density at radius 3 is 2.59 bits per heavy atom. The standard InChI is InChI=1S/C25H23N7/c1-2-8-20(9-3-1)31-23(16-19-7-5-11-22-28-26-17-30(22)24(19)31)29-15-13-18-6-4-10-21-12-14-27-32(21)25(18)29/h1-3,8-9,12-17H,4-7,10-11H2. The van der Waals surface area contributed by atoms with Crippen molar-refractivity contribution in [1.29, 1.82) is 0 Å². The molecule has 0 amide bonds. The highest BCUT2D eigenvalue weighted by molar-refractivity contribution is 5.58. The van der Waals surface area contributed by atoms with Crippen molar-refractivity contribution >= 4 is 0 Å². The molecule has 5 aromatic rings. The molecule has 7 heteroatoms. The molecule has 0 radical (unpaired) electrons. The molecule has 2 aliphatic rings. The average molecular weight is 422 g/mol. The van der Waals surface area contributed by atoms with Crippen molar-refractivity contribution in [3.05, 3.63) is 89.9 Å². The van der Waals surface area contributed by atoms with Gasteiger partial charge < -0.3 is 0 Å². The van der Waals surface area contributed by atoms with Gasteiger partial charge in [0.1, 0.15) is 29.6 Å². The maximum absolute atomic E-state index is 4.70. The zero-order valence-corrected chi connectivity index (χ0v) is 17.7. The van der Waals surface area contributed by atoms with Gasteiger partial charge in [-0.25, -0.2) is 4.68 Å². The molecule has 7 rings (SSSR count). The Morgan fingerprint density at radius 1 is 0.781 bits per heavy atom. The van der Waals surface area contributed by atoms with Crippen molar-refractivity contribution in [3.63, 3.8) is 0 Å². The fourth-order valence-electron chi connectivity index (χ4n) is 5.29. The van der Waals surface area contributed by atoms with Crippen LogP contribution in [0.15, 0.2) is 67.3 Å². The van der Waals surface area contributed by atoms with E-state index in [1.165, 1.54) is 16.8 Å². The van der Waals surface area contributed by atoms with E-state index in [1.54, 1.807) is 0 Å². The number of aryl methyl sites for hydroxylation is 4. The van der Waals surface area contributed by atoms with Crippen LogP contribution in [0.1, 0.15) is 35.5 Å². The summed E-state index contributed by atoms with van der Waals surface area (Å²) >= 11 is 0. The highest BCUT2D eigenvalue weighted by Crippen LogP contribution is 2.34. The maximum Gasteiger partial charge on any atom is 0.143 e. The Hall–Kier alpha value is -3.87. The Balaban J connectivity index is 1.55. The van der Waals surface area contributed by atoms with Gasteiger partial charge in [-0.15, -0.1) is 10.2 Å². The minimum absolute atomic E-state index is 0.939. The van der Waals surface area contributed by atoms with Crippen molar-refractivity contribution < 1.29 is 0 Å². The van der Waals surface area contributed by atoms with Crippen LogP contribution in [-0.2, 0) is 25.7 Å². The Labute approximate surface area is 185 Å². The second-order valence-electron chi connectivity index (χ2n) is 8.62. The van der Waals surface area contributed by atoms with Gasteiger partial charge in [0.05, 0.1) is 0 Å². The van der Waals surface area contributed by atoms with Crippen LogP contribution < -0.4 is 0 Å². The maximum atomic E-state index is 4.70. The number of benzene rings is 1. The van der Waals surface area contributed by atoms with Crippen LogP contribution in [0.5, 0.6) is 0 Å². The van der Waals surface area contributed by atoms with Gasteiger partial charge in [-0.05, 0) is 73.6 Å². The van der Waals surface area contributed by atoms with Crippen LogP contribution in [-0.4, -0.2) is 33.7 Å². The average Bonchev–Trinajstić information content (AvgIpc) is 3.58. The Kier molecular flexibility index (Phi) is 3.79. The molecule has 158 valence electrons. The molecule has 0 atom stereocenters. The first-order valence-corrected chi connectivity index (χ1v) is 11.3. The number of hydrogen-bond acceptors (Lipinski definition) is 3. The third kappa shape index (κ3) is 2.51. The second kappa shape index (κ2) is 6.82. The molecule has 2 aliphatic heterocycles. The lowest BCUT2D eigenvalue weighted by Gasteiger charge is -2.18. The Bertz CT molecular complexity index is 1430. The molecule has 0 bridgehead atoms. The topological polar surface area (TPSA) is 58.4 Å². The van der Waals surface area contributed by atoms with E-state index in [0.717, 1.165) is 67.5 Å². The molecule has 0 unspecified atom stereocenters. The zero-order chi connectivity index (χ0) is 21.1. The number of para-hydroxylation sites is 1. The first-order valence-electron chi connectivity index (χ1n) is 11.3. The normalized spacial score (nSPS) is 14.8. The summed E-state index contributed by atoms with van der Waals surface area (Å²) in [6, 6.07) is 17.3. The fourth-order valence-corrected chi connectivity index (χ4v) is 5.29. The van der Waals surface area contributed by atoms with E-state index in [9.17, 15) is 0 Å². The monoisotopic (exact) mass is 421 g/mol. The van der Waals surface area contributed by atoms with E-state index in [4.69, 9.17) is 5.10 Å². The van der Waals surface area contributed by atoms with Crippen molar-refractivity contribution in [2.24, 2.45) is 0 Å². The molecule has 0 saturated heterocycles. The Morgan fingerprint density at radius 2 is 1.66 bits per heavy atom. The predicted octanol–water partition coefficient (Wildman–Crippen LogP) is 4.01. The summed E-state index contributed by atoms with van der Waals surface area (Å²) in [4.78, 5) is 0. The lowest BCUT2D eigenvalue weighted by molar-refractivity contribution is 0.745. The van der Waals surface area contributed by atoms with Crippen molar-refractivity contribution in [2.75, 3.05) is 0 Å². The summed E-state index contributed by atoms with van der Waals surface area (Å²) in [5.74, 6) is 4.43. The van der Waals surface area contributed by atoms with Crippen LogP contribution in [0.4, 0.5) is 0 Å². The van der Waals surface area contributed by atoms with E-state index < -0.39 is 0 Å². The number of rotatable bonds is 2. The van der Waals surface area contributed by atoms with Gasteiger partial charge >= 0.3 is 0 Å². The number of hydrogen-bond donors (Lipinski definition) is 0. The molecular weight excluding hydrogens is 398 g/mol. The van der Waals surface area contributed by atoms with Gasteiger partial charge in [0.15, 0.2) is 0 Å². The van der Waals surface area contributed by atoms with E-state index in [2.05, 4.69) is 83.3 Å². The largest absolute Gasteiger partial charge is 0.287 e. The van der Waals surface area contributed by atoms with E-state index >= 15 is 0 Å². The number of fused-ring (bicyclic) bond motifs is 6. The lowest BCUT2D eigenvalue weighted by atomic mass is 10.1. The van der Waals surface area contributed by atoms with Crippen LogP contribution in [0.25, 0.3) is 23.1 Å². The highest BCUT2D eigenvalue weighted by atomic mass is 15.4. The van der Waals surface area contributed by atoms with Crippen LogP contribution in [0.2, 0.25) is 0 Å². The SMILES string of the molecule is c1ccc(-n2c(-n3ccc4c3-n3nccc3CCC4)cc3c2-n2cnnc2CCC3)cc1. The fraction of sp³-hybridized carbons (Fsp3) is 0.240. The van der Waals surface area contributed by atoms with Gasteiger partial charge in [-0.1, -0.05) is 18.2 Å². The minimum atomic E-state index is 0.939. The molecule has 7 nitrogen and oxygen atoms in total. The highest BCUT2D eigenvalue weighted by Gasteiger charge is 2.27. The van der Waals surface area contributed by atoms with E-state index in [0.29, 0.717) is 0 Å². The van der Waals surface area contributed by atoms with Gasteiger partial charge in [0.25, 0.3) is 0 Å². The summed E-state index contributed by atoms with van der Waals surface area (Å²) in [6.45, 7) is 0. The first-order chi connectivity index (χ1) is 15.9. The van der Waals surface area contributed by atoms with Gasteiger partial charge in [0, 0.05) is 30.2 Å². The summed E-state index contributed by atoms with van der Waals surface area (Å²) in [5.41, 5.74) is 5.05. The number of aromatic nitrogens is 7. The molecule has 1 aromatic carbocycles. The van der Waals surface area contributed by atoms with Crippen LogP contribution >= 0.6 is 0 Å². The van der Waals surface area contributed by atoms with Crippen LogP contribution in [0, 0.1) is 0 Å². The summed E-state index contributed by atoms with van der Waals surface area (Å²) < 4.78 is 8.95. The van der Waals surface area contributed by atoms with Crippen molar-refractivity contribution in [1.82, 2.24) is 33.7 Å². The first kappa shape index (κ1) is 17.8. The van der Waals surface area contributed by atoms with Gasteiger partial charge in [-0.3, -0.25) is 13.7 Å². The molecule has 0 fully saturated rings. The lowest BCUT2D eigenvalue weighted by Crippen LogP contribution is -2.13. The number of nitrogens with zero attached hydrogens (tertiary/aromatic N) is 7. The molecule has 0 spiro atoms. The van der Waals surface area contributed by atoms with Gasteiger partial charge in [0.2, 0.25) is 0 Å². The summed E-state index contributed by atoms with van der Waals surface area (Å²) in [5, 5.41) is 13.3. The minimum Gasteiger partial charge on any atom is -0.287 e. The van der Waals surface area contributed by atoms with Gasteiger partial charge in [-0.2, -0.15) is 5.10 Å². The van der Waals surface area contributed by atoms with E-state index in [-0.39, 0.29) is 0 Å². The smallest absolute Gasteiger partial charge is 0.143 e. The van der Waals surface area contributed by atoms with E-state index in [1.807, 2.05) is 12.5 Å². The molecule has 0 saturated carbocycles.